The topological polar surface area (TPSA) is 38.3 Å². The zero-order valence-corrected chi connectivity index (χ0v) is 8.43. The molecule has 1 fully saturated rings. The first-order valence-electron chi connectivity index (χ1n) is 4.78. The molecule has 88 valence electrons. The molecule has 1 N–H and O–H groups in total. The summed E-state index contributed by atoms with van der Waals surface area (Å²) in [6, 6.07) is -0.475. The SMILES string of the molecule is COC1CNC(C(=O)CCC(F)(F)F)C1. The van der Waals surface area contributed by atoms with Gasteiger partial charge in [-0.1, -0.05) is 0 Å². The number of carbonyl (C=O) groups is 1. The van der Waals surface area contributed by atoms with Crippen LogP contribution in [0.5, 0.6) is 0 Å². The van der Waals surface area contributed by atoms with Crippen LogP contribution in [0.1, 0.15) is 19.3 Å². The minimum atomic E-state index is -4.26. The molecule has 0 aliphatic carbocycles. The van der Waals surface area contributed by atoms with Gasteiger partial charge in [0.25, 0.3) is 0 Å². The predicted octanol–water partition coefficient (Wildman–Crippen LogP) is 1.27. The molecule has 2 unspecified atom stereocenters. The number of nitrogens with one attached hydrogen (secondary N) is 1. The van der Waals surface area contributed by atoms with Crippen LogP contribution in [0.3, 0.4) is 0 Å². The number of methoxy groups -OCH3 is 1. The lowest BCUT2D eigenvalue weighted by molar-refractivity contribution is -0.143. The maximum atomic E-state index is 11.8. The fourth-order valence-corrected chi connectivity index (χ4v) is 1.57. The lowest BCUT2D eigenvalue weighted by Gasteiger charge is -2.10. The first-order chi connectivity index (χ1) is 6.92. The van der Waals surface area contributed by atoms with Crippen molar-refractivity contribution in [3.05, 3.63) is 0 Å². The lowest BCUT2D eigenvalue weighted by atomic mass is 10.1. The molecule has 0 radical (unpaired) electrons. The number of hydrogen-bond donors (Lipinski definition) is 1. The van der Waals surface area contributed by atoms with Crippen molar-refractivity contribution in [1.29, 1.82) is 0 Å². The normalized spacial score (nSPS) is 26.9. The first-order valence-corrected chi connectivity index (χ1v) is 4.78. The van der Waals surface area contributed by atoms with E-state index in [-0.39, 0.29) is 11.9 Å². The van der Waals surface area contributed by atoms with E-state index in [0.29, 0.717) is 13.0 Å². The molecule has 1 rings (SSSR count). The van der Waals surface area contributed by atoms with Gasteiger partial charge in [-0.3, -0.25) is 4.79 Å². The van der Waals surface area contributed by atoms with Crippen LogP contribution >= 0.6 is 0 Å². The number of carbonyl (C=O) groups excluding carboxylic acids is 1. The zero-order valence-electron chi connectivity index (χ0n) is 8.43. The van der Waals surface area contributed by atoms with Gasteiger partial charge in [0.2, 0.25) is 0 Å². The van der Waals surface area contributed by atoms with Crippen molar-refractivity contribution in [2.24, 2.45) is 0 Å². The summed E-state index contributed by atoms with van der Waals surface area (Å²) in [5.41, 5.74) is 0. The molecular formula is C9H14F3NO2. The molecular weight excluding hydrogens is 211 g/mol. The van der Waals surface area contributed by atoms with E-state index in [9.17, 15) is 18.0 Å². The quantitative estimate of drug-likeness (QED) is 0.783. The van der Waals surface area contributed by atoms with Crippen molar-refractivity contribution < 1.29 is 22.7 Å². The largest absolute Gasteiger partial charge is 0.389 e. The third-order valence-corrected chi connectivity index (χ3v) is 2.47. The average molecular weight is 225 g/mol. The number of hydrogen-bond acceptors (Lipinski definition) is 3. The van der Waals surface area contributed by atoms with Crippen molar-refractivity contribution in [2.45, 2.75) is 37.6 Å². The van der Waals surface area contributed by atoms with E-state index in [1.54, 1.807) is 0 Å². The van der Waals surface area contributed by atoms with Crippen LogP contribution in [0.2, 0.25) is 0 Å². The van der Waals surface area contributed by atoms with E-state index in [1.165, 1.54) is 7.11 Å². The molecule has 0 bridgehead atoms. The second-order valence-corrected chi connectivity index (χ2v) is 3.64. The highest BCUT2D eigenvalue weighted by Crippen LogP contribution is 2.23. The van der Waals surface area contributed by atoms with E-state index >= 15 is 0 Å². The highest BCUT2D eigenvalue weighted by atomic mass is 19.4. The van der Waals surface area contributed by atoms with Gasteiger partial charge >= 0.3 is 6.18 Å². The molecule has 6 heteroatoms. The number of ether oxygens (including phenoxy) is 1. The summed E-state index contributed by atoms with van der Waals surface area (Å²) in [7, 11) is 1.52. The minimum absolute atomic E-state index is 0.0650. The molecule has 0 saturated carbocycles. The number of halogens is 3. The third kappa shape index (κ3) is 4.17. The average Bonchev–Trinajstić information content (AvgIpc) is 2.61. The Morgan fingerprint density at radius 1 is 1.53 bits per heavy atom. The molecule has 2 atom stereocenters. The minimum Gasteiger partial charge on any atom is -0.380 e. The summed E-state index contributed by atoms with van der Waals surface area (Å²) >= 11 is 0. The molecule has 0 amide bonds. The Hall–Kier alpha value is -0.620. The Labute approximate surface area is 86.0 Å². The summed E-state index contributed by atoms with van der Waals surface area (Å²) in [4.78, 5) is 11.3. The summed E-state index contributed by atoms with van der Waals surface area (Å²) in [6.07, 6.45) is -5.34. The van der Waals surface area contributed by atoms with Crippen molar-refractivity contribution in [2.75, 3.05) is 13.7 Å². The Balaban J connectivity index is 2.30. The molecule has 15 heavy (non-hydrogen) atoms. The van der Waals surface area contributed by atoms with Gasteiger partial charge in [0.1, 0.15) is 5.78 Å². The maximum absolute atomic E-state index is 11.8. The summed E-state index contributed by atoms with van der Waals surface area (Å²) in [5.74, 6) is -0.383. The first kappa shape index (κ1) is 12.4. The number of rotatable bonds is 4. The summed E-state index contributed by atoms with van der Waals surface area (Å²) in [5, 5.41) is 2.85. The fraction of sp³-hybridized carbons (Fsp3) is 0.889. The van der Waals surface area contributed by atoms with E-state index in [4.69, 9.17) is 4.74 Å². The molecule has 0 aromatic rings. The van der Waals surface area contributed by atoms with E-state index in [2.05, 4.69) is 5.32 Å². The van der Waals surface area contributed by atoms with Gasteiger partial charge in [0.05, 0.1) is 18.6 Å². The smallest absolute Gasteiger partial charge is 0.380 e. The van der Waals surface area contributed by atoms with Crippen LogP contribution in [0.4, 0.5) is 13.2 Å². The van der Waals surface area contributed by atoms with Crippen LogP contribution in [0.15, 0.2) is 0 Å². The molecule has 1 saturated heterocycles. The lowest BCUT2D eigenvalue weighted by Crippen LogP contribution is -2.31. The summed E-state index contributed by atoms with van der Waals surface area (Å²) in [6.45, 7) is 0.527. The van der Waals surface area contributed by atoms with Gasteiger partial charge in [0.15, 0.2) is 0 Å². The van der Waals surface area contributed by atoms with Crippen molar-refractivity contribution in [1.82, 2.24) is 5.32 Å². The van der Waals surface area contributed by atoms with E-state index in [0.717, 1.165) is 0 Å². The van der Waals surface area contributed by atoms with Gasteiger partial charge in [0, 0.05) is 20.1 Å². The number of ketones is 1. The molecule has 0 aromatic carbocycles. The van der Waals surface area contributed by atoms with Gasteiger partial charge in [-0.15, -0.1) is 0 Å². The van der Waals surface area contributed by atoms with Crippen LogP contribution in [0.25, 0.3) is 0 Å². The molecule has 1 heterocycles. The van der Waals surface area contributed by atoms with Crippen LogP contribution in [-0.2, 0) is 9.53 Å². The van der Waals surface area contributed by atoms with Gasteiger partial charge in [-0.25, -0.2) is 0 Å². The van der Waals surface area contributed by atoms with Gasteiger partial charge in [-0.05, 0) is 6.42 Å². The molecule has 3 nitrogen and oxygen atoms in total. The van der Waals surface area contributed by atoms with Gasteiger partial charge in [-0.2, -0.15) is 13.2 Å². The maximum Gasteiger partial charge on any atom is 0.389 e. The Kier molecular flexibility index (Phi) is 4.10. The molecule has 0 aromatic heterocycles. The second kappa shape index (κ2) is 4.94. The summed E-state index contributed by atoms with van der Waals surface area (Å²) < 4.78 is 40.5. The van der Waals surface area contributed by atoms with Crippen LogP contribution in [0, 0.1) is 0 Å². The Morgan fingerprint density at radius 3 is 2.67 bits per heavy atom. The zero-order chi connectivity index (χ0) is 11.5. The van der Waals surface area contributed by atoms with Gasteiger partial charge < -0.3 is 10.1 Å². The van der Waals surface area contributed by atoms with Crippen LogP contribution < -0.4 is 5.32 Å². The van der Waals surface area contributed by atoms with Crippen molar-refractivity contribution in [3.63, 3.8) is 0 Å². The fourth-order valence-electron chi connectivity index (χ4n) is 1.57. The highest BCUT2D eigenvalue weighted by molar-refractivity contribution is 5.84. The van der Waals surface area contributed by atoms with E-state index < -0.39 is 25.1 Å². The Morgan fingerprint density at radius 2 is 2.20 bits per heavy atom. The van der Waals surface area contributed by atoms with Crippen molar-refractivity contribution >= 4 is 5.78 Å². The van der Waals surface area contributed by atoms with Crippen molar-refractivity contribution in [3.8, 4) is 0 Å². The molecule has 1 aliphatic heterocycles. The third-order valence-electron chi connectivity index (χ3n) is 2.47. The Bertz CT molecular complexity index is 230. The predicted molar refractivity (Wildman–Crippen MR) is 47.5 cm³/mol. The molecule has 1 aliphatic rings. The monoisotopic (exact) mass is 225 g/mol. The standard InChI is InChI=1S/C9H14F3NO2/c1-15-6-4-7(13-5-6)8(14)2-3-9(10,11)12/h6-7,13H,2-5H2,1H3. The number of alkyl halides is 3. The van der Waals surface area contributed by atoms with E-state index in [1.807, 2.05) is 0 Å². The van der Waals surface area contributed by atoms with Crippen LogP contribution in [-0.4, -0.2) is 37.8 Å². The second-order valence-electron chi connectivity index (χ2n) is 3.64. The number of Topliss-reactive ketones (excluding diaryl/α,β-unsaturated/α-hetero) is 1. The highest BCUT2D eigenvalue weighted by Gasteiger charge is 2.33. The molecule has 0 spiro atoms.